The third-order valence-electron chi connectivity index (χ3n) is 4.21. The highest BCUT2D eigenvalue weighted by Crippen LogP contribution is 2.36. The number of benzene rings is 2. The Balaban J connectivity index is 1.76. The van der Waals surface area contributed by atoms with Crippen molar-refractivity contribution in [2.45, 2.75) is 19.9 Å². The van der Waals surface area contributed by atoms with Gasteiger partial charge in [0.05, 0.1) is 18.8 Å². The van der Waals surface area contributed by atoms with E-state index in [1.807, 2.05) is 29.1 Å². The van der Waals surface area contributed by atoms with Crippen molar-refractivity contribution >= 4 is 10.9 Å². The van der Waals surface area contributed by atoms with Crippen molar-refractivity contribution in [1.29, 1.82) is 0 Å². The SMILES string of the molecule is COc1cccc(O)c1-c1noc(-c2ccc3c(cnn3C(C)C)c2)n1. The molecule has 0 spiro atoms. The summed E-state index contributed by atoms with van der Waals surface area (Å²) in [6, 6.07) is 11.1. The van der Waals surface area contributed by atoms with Crippen LogP contribution < -0.4 is 4.74 Å². The molecular formula is C19H18N4O3. The van der Waals surface area contributed by atoms with E-state index in [1.54, 1.807) is 18.2 Å². The molecule has 0 aliphatic carbocycles. The Kier molecular flexibility index (Phi) is 3.84. The van der Waals surface area contributed by atoms with Crippen molar-refractivity contribution in [2.24, 2.45) is 0 Å². The van der Waals surface area contributed by atoms with E-state index >= 15 is 0 Å². The van der Waals surface area contributed by atoms with Crippen LogP contribution in [0.5, 0.6) is 11.5 Å². The van der Waals surface area contributed by atoms with Gasteiger partial charge >= 0.3 is 0 Å². The zero-order valence-electron chi connectivity index (χ0n) is 14.7. The van der Waals surface area contributed by atoms with Gasteiger partial charge in [0.25, 0.3) is 5.89 Å². The van der Waals surface area contributed by atoms with Crippen molar-refractivity contribution in [3.05, 3.63) is 42.6 Å². The lowest BCUT2D eigenvalue weighted by Gasteiger charge is -2.06. The second-order valence-electron chi connectivity index (χ2n) is 6.23. The number of rotatable bonds is 4. The van der Waals surface area contributed by atoms with Gasteiger partial charge in [0.15, 0.2) is 0 Å². The summed E-state index contributed by atoms with van der Waals surface area (Å²) in [4.78, 5) is 4.42. The lowest BCUT2D eigenvalue weighted by molar-refractivity contribution is 0.407. The molecule has 0 saturated heterocycles. The first-order valence-corrected chi connectivity index (χ1v) is 8.26. The smallest absolute Gasteiger partial charge is 0.258 e. The van der Waals surface area contributed by atoms with Gasteiger partial charge in [-0.3, -0.25) is 4.68 Å². The van der Waals surface area contributed by atoms with Crippen LogP contribution >= 0.6 is 0 Å². The van der Waals surface area contributed by atoms with Crippen molar-refractivity contribution in [3.63, 3.8) is 0 Å². The number of hydrogen-bond acceptors (Lipinski definition) is 6. The predicted octanol–water partition coefficient (Wildman–Crippen LogP) is 4.05. The Hall–Kier alpha value is -3.35. The number of methoxy groups -OCH3 is 1. The molecule has 2 heterocycles. The molecule has 0 amide bonds. The molecule has 0 fully saturated rings. The number of fused-ring (bicyclic) bond motifs is 1. The minimum Gasteiger partial charge on any atom is -0.507 e. The molecule has 4 rings (SSSR count). The molecule has 0 aliphatic rings. The summed E-state index contributed by atoms with van der Waals surface area (Å²) < 4.78 is 12.7. The van der Waals surface area contributed by atoms with Crippen LogP contribution in [0.2, 0.25) is 0 Å². The molecule has 7 heteroatoms. The van der Waals surface area contributed by atoms with Crippen LogP contribution in [-0.2, 0) is 0 Å². The Bertz CT molecular complexity index is 1080. The number of aromatic hydroxyl groups is 1. The van der Waals surface area contributed by atoms with E-state index in [9.17, 15) is 5.11 Å². The largest absolute Gasteiger partial charge is 0.507 e. The molecular weight excluding hydrogens is 332 g/mol. The Morgan fingerprint density at radius 3 is 2.81 bits per heavy atom. The van der Waals surface area contributed by atoms with Crippen LogP contribution in [0.4, 0.5) is 0 Å². The van der Waals surface area contributed by atoms with Crippen LogP contribution in [0.3, 0.4) is 0 Å². The van der Waals surface area contributed by atoms with E-state index in [1.165, 1.54) is 7.11 Å². The maximum atomic E-state index is 10.1. The maximum absolute atomic E-state index is 10.1. The standard InChI is InChI=1S/C19H18N4O3/c1-11(2)23-14-8-7-12(9-13(14)10-20-23)19-21-18(22-26-19)17-15(24)5-4-6-16(17)25-3/h4-11,24H,1-3H3. The molecule has 26 heavy (non-hydrogen) atoms. The number of ether oxygens (including phenoxy) is 1. The summed E-state index contributed by atoms with van der Waals surface area (Å²) in [5, 5.41) is 19.6. The first kappa shape index (κ1) is 16.1. The normalized spacial score (nSPS) is 11.4. The molecule has 132 valence electrons. The second-order valence-corrected chi connectivity index (χ2v) is 6.23. The average Bonchev–Trinajstić information content (AvgIpc) is 3.27. The van der Waals surface area contributed by atoms with Gasteiger partial charge in [0.2, 0.25) is 5.82 Å². The van der Waals surface area contributed by atoms with Gasteiger partial charge in [-0.15, -0.1) is 0 Å². The lowest BCUT2D eigenvalue weighted by atomic mass is 10.1. The van der Waals surface area contributed by atoms with Crippen molar-refractivity contribution < 1.29 is 14.4 Å². The Morgan fingerprint density at radius 1 is 1.19 bits per heavy atom. The molecule has 1 N–H and O–H groups in total. The average molecular weight is 350 g/mol. The van der Waals surface area contributed by atoms with Crippen molar-refractivity contribution in [2.75, 3.05) is 7.11 Å². The third kappa shape index (κ3) is 2.57. The number of phenols is 1. The third-order valence-corrected chi connectivity index (χ3v) is 4.21. The summed E-state index contributed by atoms with van der Waals surface area (Å²) in [6.45, 7) is 4.18. The second kappa shape index (κ2) is 6.18. The van der Waals surface area contributed by atoms with Gasteiger partial charge < -0.3 is 14.4 Å². The van der Waals surface area contributed by atoms with Crippen LogP contribution in [-0.4, -0.2) is 32.1 Å². The van der Waals surface area contributed by atoms with E-state index in [-0.39, 0.29) is 17.6 Å². The highest BCUT2D eigenvalue weighted by Gasteiger charge is 2.18. The molecule has 4 aromatic rings. The van der Waals surface area contributed by atoms with Gasteiger partial charge in [-0.2, -0.15) is 10.1 Å². The fourth-order valence-electron chi connectivity index (χ4n) is 2.95. The fraction of sp³-hybridized carbons (Fsp3) is 0.211. The molecule has 0 radical (unpaired) electrons. The number of nitrogens with zero attached hydrogens (tertiary/aromatic N) is 4. The fourth-order valence-corrected chi connectivity index (χ4v) is 2.95. The summed E-state index contributed by atoms with van der Waals surface area (Å²) in [6.07, 6.45) is 1.82. The number of aromatic nitrogens is 4. The molecule has 0 aliphatic heterocycles. The molecule has 7 nitrogen and oxygen atoms in total. The molecule has 2 aromatic carbocycles. The summed E-state index contributed by atoms with van der Waals surface area (Å²) >= 11 is 0. The highest BCUT2D eigenvalue weighted by atomic mass is 16.5. The minimum atomic E-state index is 0.0327. The number of phenolic OH excluding ortho intramolecular Hbond substituents is 1. The summed E-state index contributed by atoms with van der Waals surface area (Å²) in [5.74, 6) is 1.15. The van der Waals surface area contributed by atoms with Crippen LogP contribution in [0.1, 0.15) is 19.9 Å². The molecule has 0 bridgehead atoms. The number of hydrogen-bond donors (Lipinski definition) is 1. The van der Waals surface area contributed by atoms with Gasteiger partial charge in [-0.1, -0.05) is 11.2 Å². The van der Waals surface area contributed by atoms with E-state index in [4.69, 9.17) is 9.26 Å². The van der Waals surface area contributed by atoms with E-state index < -0.39 is 0 Å². The molecule has 0 unspecified atom stereocenters. The first-order chi connectivity index (χ1) is 12.6. The maximum Gasteiger partial charge on any atom is 0.258 e. The zero-order valence-corrected chi connectivity index (χ0v) is 14.7. The first-order valence-electron chi connectivity index (χ1n) is 8.26. The van der Waals surface area contributed by atoms with Gasteiger partial charge in [0.1, 0.15) is 17.1 Å². The van der Waals surface area contributed by atoms with Gasteiger partial charge in [0, 0.05) is 17.0 Å². The van der Waals surface area contributed by atoms with Crippen molar-refractivity contribution in [1.82, 2.24) is 19.9 Å². The topological polar surface area (TPSA) is 86.2 Å². The molecule has 2 aromatic heterocycles. The van der Waals surface area contributed by atoms with Gasteiger partial charge in [-0.05, 0) is 44.2 Å². The lowest BCUT2D eigenvalue weighted by Crippen LogP contribution is -2.01. The van der Waals surface area contributed by atoms with Crippen LogP contribution in [0.15, 0.2) is 47.1 Å². The molecule has 0 atom stereocenters. The Labute approximate surface area is 149 Å². The minimum absolute atomic E-state index is 0.0327. The van der Waals surface area contributed by atoms with E-state index in [0.717, 1.165) is 16.5 Å². The van der Waals surface area contributed by atoms with Crippen LogP contribution in [0, 0.1) is 0 Å². The molecule has 0 saturated carbocycles. The van der Waals surface area contributed by atoms with E-state index in [2.05, 4.69) is 29.1 Å². The monoisotopic (exact) mass is 350 g/mol. The highest BCUT2D eigenvalue weighted by molar-refractivity contribution is 5.83. The Morgan fingerprint density at radius 2 is 2.04 bits per heavy atom. The summed E-state index contributed by atoms with van der Waals surface area (Å²) in [7, 11) is 1.53. The van der Waals surface area contributed by atoms with Gasteiger partial charge in [-0.25, -0.2) is 0 Å². The van der Waals surface area contributed by atoms with Crippen molar-refractivity contribution in [3.8, 4) is 34.3 Å². The quantitative estimate of drug-likeness (QED) is 0.597. The zero-order chi connectivity index (χ0) is 18.3. The van der Waals surface area contributed by atoms with E-state index in [0.29, 0.717) is 17.2 Å². The summed E-state index contributed by atoms with van der Waals surface area (Å²) in [5.41, 5.74) is 2.23. The van der Waals surface area contributed by atoms with Crippen LogP contribution in [0.25, 0.3) is 33.7 Å². The predicted molar refractivity (Wildman–Crippen MR) is 97.1 cm³/mol.